The summed E-state index contributed by atoms with van der Waals surface area (Å²) in [5.74, 6) is 0. The summed E-state index contributed by atoms with van der Waals surface area (Å²) in [6.07, 6.45) is 11.4. The van der Waals surface area contributed by atoms with Gasteiger partial charge in [0.1, 0.15) is 0 Å². The molecule has 0 spiro atoms. The Morgan fingerprint density at radius 2 is 1.50 bits per heavy atom. The maximum absolute atomic E-state index is 11.8. The third kappa shape index (κ3) is 7.59. The van der Waals surface area contributed by atoms with Gasteiger partial charge in [0.15, 0.2) is 0 Å². The predicted molar refractivity (Wildman–Crippen MR) is 91.2 cm³/mol. The summed E-state index contributed by atoms with van der Waals surface area (Å²) in [5, 5.41) is 0. The molecule has 0 fully saturated rings. The van der Waals surface area contributed by atoms with Crippen LogP contribution in [0, 0.1) is 0 Å². The molecule has 1 rings (SSSR count). The van der Waals surface area contributed by atoms with Crippen molar-refractivity contribution in [1.82, 2.24) is 14.9 Å². The van der Waals surface area contributed by atoms with Crippen LogP contribution in [0.2, 0.25) is 0 Å². The first-order valence-electron chi connectivity index (χ1n) is 8.70. The molecule has 1 heterocycles. The van der Waals surface area contributed by atoms with Gasteiger partial charge in [-0.1, -0.05) is 52.4 Å². The molecule has 5 heteroatoms. The van der Waals surface area contributed by atoms with Crippen LogP contribution in [0.15, 0.2) is 15.8 Å². The van der Waals surface area contributed by atoms with Crippen LogP contribution in [0.5, 0.6) is 0 Å². The molecule has 0 aliphatic heterocycles. The highest BCUT2D eigenvalue weighted by atomic mass is 16.2. The van der Waals surface area contributed by atoms with Crippen LogP contribution >= 0.6 is 0 Å². The third-order valence-electron chi connectivity index (χ3n) is 3.95. The number of hydrogen-bond donors (Lipinski definition) is 2. The number of hydrogen-bond acceptors (Lipinski definition) is 3. The van der Waals surface area contributed by atoms with Crippen LogP contribution in [0.4, 0.5) is 0 Å². The zero-order valence-corrected chi connectivity index (χ0v) is 14.1. The molecule has 0 saturated heterocycles. The zero-order valence-electron chi connectivity index (χ0n) is 14.1. The molecule has 2 N–H and O–H groups in total. The number of aromatic nitrogens is 2. The molecular formula is C17H31N3O2. The second-order valence-electron chi connectivity index (χ2n) is 5.99. The van der Waals surface area contributed by atoms with E-state index in [0.717, 1.165) is 13.1 Å². The lowest BCUT2D eigenvalue weighted by molar-refractivity contribution is 0.251. The highest BCUT2D eigenvalue weighted by Gasteiger charge is 2.09. The van der Waals surface area contributed by atoms with E-state index in [1.165, 1.54) is 51.4 Å². The maximum atomic E-state index is 11.8. The van der Waals surface area contributed by atoms with E-state index in [1.54, 1.807) is 6.20 Å². The Hall–Kier alpha value is -1.36. The van der Waals surface area contributed by atoms with Crippen LogP contribution in [0.25, 0.3) is 0 Å². The molecule has 0 aliphatic rings. The van der Waals surface area contributed by atoms with E-state index in [-0.39, 0.29) is 5.56 Å². The first kappa shape index (κ1) is 18.7. The minimum atomic E-state index is -0.439. The number of nitrogens with one attached hydrogen (secondary N) is 2. The zero-order chi connectivity index (χ0) is 16.2. The number of aromatic amines is 2. The molecule has 1 aromatic heterocycles. The molecule has 0 unspecified atom stereocenters. The van der Waals surface area contributed by atoms with Crippen LogP contribution in [-0.2, 0) is 6.54 Å². The molecule has 1 aromatic rings. The molecule has 0 aromatic carbocycles. The standard InChI is InChI=1S/C17H31N3O2/c1-3-5-7-9-11-20(12-10-8-6-4-2)14-15-13-18-17(22)19-16(15)21/h13H,3-12,14H2,1-2H3,(H2,18,19,21,22). The van der Waals surface area contributed by atoms with Gasteiger partial charge in [-0.3, -0.25) is 14.7 Å². The number of unbranched alkanes of at least 4 members (excludes halogenated alkanes) is 6. The van der Waals surface area contributed by atoms with Crippen molar-refractivity contribution in [3.8, 4) is 0 Å². The fraction of sp³-hybridized carbons (Fsp3) is 0.765. The van der Waals surface area contributed by atoms with Crippen LogP contribution < -0.4 is 11.2 Å². The van der Waals surface area contributed by atoms with Gasteiger partial charge in [-0.05, 0) is 25.9 Å². The lowest BCUT2D eigenvalue weighted by atomic mass is 10.1. The SMILES string of the molecule is CCCCCCN(CCCCCC)Cc1c[nH]c(=O)[nH]c1=O. The second-order valence-corrected chi connectivity index (χ2v) is 5.99. The molecule has 0 radical (unpaired) electrons. The number of H-pyrrole nitrogens is 2. The van der Waals surface area contributed by atoms with Gasteiger partial charge in [0, 0.05) is 18.3 Å². The van der Waals surface area contributed by atoms with Gasteiger partial charge >= 0.3 is 5.69 Å². The Morgan fingerprint density at radius 3 is 2.00 bits per heavy atom. The van der Waals surface area contributed by atoms with E-state index in [4.69, 9.17) is 0 Å². The number of nitrogens with zero attached hydrogens (tertiary/aromatic N) is 1. The lowest BCUT2D eigenvalue weighted by Gasteiger charge is -2.22. The smallest absolute Gasteiger partial charge is 0.314 e. The van der Waals surface area contributed by atoms with E-state index in [1.807, 2.05) is 0 Å². The molecule has 0 bridgehead atoms. The van der Waals surface area contributed by atoms with Gasteiger partial charge in [0.05, 0.1) is 0 Å². The summed E-state index contributed by atoms with van der Waals surface area (Å²) >= 11 is 0. The molecule has 5 nitrogen and oxygen atoms in total. The fourth-order valence-electron chi connectivity index (χ4n) is 2.59. The Kier molecular flexibility index (Phi) is 9.55. The summed E-state index contributed by atoms with van der Waals surface area (Å²) in [4.78, 5) is 30.1. The summed E-state index contributed by atoms with van der Waals surface area (Å²) in [5.41, 5.74) is -0.0624. The van der Waals surface area contributed by atoms with Crippen molar-refractivity contribution in [3.63, 3.8) is 0 Å². The van der Waals surface area contributed by atoms with Crippen molar-refractivity contribution in [2.24, 2.45) is 0 Å². The summed E-state index contributed by atoms with van der Waals surface area (Å²) in [7, 11) is 0. The average Bonchev–Trinajstić information content (AvgIpc) is 2.50. The van der Waals surface area contributed by atoms with Crippen molar-refractivity contribution in [2.45, 2.75) is 71.8 Å². The summed E-state index contributed by atoms with van der Waals surface area (Å²) < 4.78 is 0. The molecule has 0 saturated carbocycles. The van der Waals surface area contributed by atoms with Gasteiger partial charge in [-0.2, -0.15) is 0 Å². The topological polar surface area (TPSA) is 69.0 Å². The van der Waals surface area contributed by atoms with Gasteiger partial charge in [0.25, 0.3) is 5.56 Å². The fourth-order valence-corrected chi connectivity index (χ4v) is 2.59. The highest BCUT2D eigenvalue weighted by Crippen LogP contribution is 2.07. The summed E-state index contributed by atoms with van der Waals surface area (Å²) in [6.45, 7) is 7.07. The molecule has 22 heavy (non-hydrogen) atoms. The minimum Gasteiger partial charge on any atom is -0.314 e. The maximum Gasteiger partial charge on any atom is 0.325 e. The van der Waals surface area contributed by atoms with Crippen molar-refractivity contribution in [1.29, 1.82) is 0 Å². The first-order chi connectivity index (χ1) is 10.7. The molecular weight excluding hydrogens is 278 g/mol. The molecule has 0 atom stereocenters. The van der Waals surface area contributed by atoms with Crippen molar-refractivity contribution < 1.29 is 0 Å². The lowest BCUT2D eigenvalue weighted by Crippen LogP contribution is -2.32. The summed E-state index contributed by atoms with van der Waals surface area (Å²) in [6, 6.07) is 0. The highest BCUT2D eigenvalue weighted by molar-refractivity contribution is 5.02. The third-order valence-corrected chi connectivity index (χ3v) is 3.95. The Bertz CT molecular complexity index is 495. The van der Waals surface area contributed by atoms with Crippen molar-refractivity contribution in [3.05, 3.63) is 32.6 Å². The molecule has 0 amide bonds. The first-order valence-corrected chi connectivity index (χ1v) is 8.70. The van der Waals surface area contributed by atoms with E-state index in [2.05, 4.69) is 28.7 Å². The van der Waals surface area contributed by atoms with E-state index in [0.29, 0.717) is 12.1 Å². The van der Waals surface area contributed by atoms with Crippen LogP contribution in [-0.4, -0.2) is 28.0 Å². The monoisotopic (exact) mass is 309 g/mol. The van der Waals surface area contributed by atoms with E-state index >= 15 is 0 Å². The van der Waals surface area contributed by atoms with Crippen molar-refractivity contribution in [2.75, 3.05) is 13.1 Å². The van der Waals surface area contributed by atoms with Gasteiger partial charge in [-0.25, -0.2) is 4.79 Å². The predicted octanol–water partition coefficient (Wildman–Crippen LogP) is 3.03. The number of rotatable bonds is 12. The van der Waals surface area contributed by atoms with E-state index in [9.17, 15) is 9.59 Å². The van der Waals surface area contributed by atoms with Gasteiger partial charge in [-0.15, -0.1) is 0 Å². The average molecular weight is 309 g/mol. The quantitative estimate of drug-likeness (QED) is 0.583. The van der Waals surface area contributed by atoms with Gasteiger partial charge in [0.2, 0.25) is 0 Å². The van der Waals surface area contributed by atoms with Crippen LogP contribution in [0.3, 0.4) is 0 Å². The molecule has 0 aliphatic carbocycles. The molecule has 126 valence electrons. The Morgan fingerprint density at radius 1 is 0.909 bits per heavy atom. The largest absolute Gasteiger partial charge is 0.325 e. The normalized spacial score (nSPS) is 11.2. The Labute approximate surface area is 133 Å². The second kappa shape index (κ2) is 11.2. The van der Waals surface area contributed by atoms with Gasteiger partial charge < -0.3 is 4.98 Å². The minimum absolute atomic E-state index is 0.268. The van der Waals surface area contributed by atoms with Crippen LogP contribution in [0.1, 0.15) is 70.8 Å². The van der Waals surface area contributed by atoms with Crippen molar-refractivity contribution >= 4 is 0 Å². The van der Waals surface area contributed by atoms with E-state index < -0.39 is 5.69 Å². The Balaban J connectivity index is 2.54.